The van der Waals surface area contributed by atoms with E-state index in [0.717, 1.165) is 14.2 Å². The molecule has 0 unspecified atom stereocenters. The van der Waals surface area contributed by atoms with E-state index in [9.17, 15) is 9.36 Å². The Balaban J connectivity index is 4.03. The van der Waals surface area contributed by atoms with Crippen molar-refractivity contribution in [3.63, 3.8) is 0 Å². The zero-order chi connectivity index (χ0) is 9.61. The molecule has 7 heteroatoms. The molecule has 72 valence electrons. The van der Waals surface area contributed by atoms with Crippen molar-refractivity contribution in [3.8, 4) is 0 Å². The molecule has 0 aliphatic carbocycles. The Morgan fingerprint density at radius 1 is 1.42 bits per heavy atom. The summed E-state index contributed by atoms with van der Waals surface area (Å²) in [7, 11) is -1.38. The maximum atomic E-state index is 11.1. The second kappa shape index (κ2) is 5.59. The number of carbonyl (C=O) groups excluding carboxylic acids is 1. The molecular formula is C5H11O5PS. The van der Waals surface area contributed by atoms with E-state index in [1.54, 1.807) is 0 Å². The number of hydrogen-bond donors (Lipinski definition) is 1. The second-order valence-electron chi connectivity index (χ2n) is 1.75. The highest BCUT2D eigenvalue weighted by atomic mass is 32.1. The first-order valence-corrected chi connectivity index (χ1v) is 5.22. The Bertz CT molecular complexity index is 186. The number of carbonyl (C=O) groups is 1. The largest absolute Gasteiger partial charge is 0.531 e. The lowest BCUT2D eigenvalue weighted by molar-refractivity contribution is -0.135. The maximum Gasteiger partial charge on any atom is 0.531 e. The Morgan fingerprint density at radius 3 is 2.25 bits per heavy atom. The van der Waals surface area contributed by atoms with Crippen molar-refractivity contribution >= 4 is 26.4 Å². The Hall–Kier alpha value is -0.0300. The second-order valence-corrected chi connectivity index (χ2v) is 4.00. The molecule has 0 fully saturated rings. The van der Waals surface area contributed by atoms with E-state index in [1.165, 1.54) is 0 Å². The van der Waals surface area contributed by atoms with E-state index < -0.39 is 13.8 Å². The first kappa shape index (κ1) is 12.0. The lowest BCUT2D eigenvalue weighted by atomic mass is 10.5. The van der Waals surface area contributed by atoms with Crippen LogP contribution in [0.2, 0.25) is 0 Å². The SMILES string of the molecule is COP(=O)(OC)OC(=O)CCS. The van der Waals surface area contributed by atoms with Crippen LogP contribution < -0.4 is 0 Å². The van der Waals surface area contributed by atoms with Crippen molar-refractivity contribution < 1.29 is 22.9 Å². The van der Waals surface area contributed by atoms with Crippen molar-refractivity contribution in [2.45, 2.75) is 6.42 Å². The normalized spacial score (nSPS) is 11.2. The fourth-order valence-corrected chi connectivity index (χ4v) is 1.23. The van der Waals surface area contributed by atoms with Gasteiger partial charge in [-0.05, 0) is 0 Å². The fourth-order valence-electron chi connectivity index (χ4n) is 0.411. The van der Waals surface area contributed by atoms with Crippen LogP contribution in [-0.2, 0) is 22.9 Å². The average Bonchev–Trinajstić information content (AvgIpc) is 2.05. The highest BCUT2D eigenvalue weighted by Crippen LogP contribution is 2.47. The average molecular weight is 214 g/mol. The van der Waals surface area contributed by atoms with Crippen molar-refractivity contribution in [1.29, 1.82) is 0 Å². The van der Waals surface area contributed by atoms with Gasteiger partial charge in [-0.2, -0.15) is 12.6 Å². The number of phosphoric ester groups is 1. The van der Waals surface area contributed by atoms with Crippen LogP contribution in [0.25, 0.3) is 0 Å². The van der Waals surface area contributed by atoms with Crippen LogP contribution in [0.1, 0.15) is 6.42 Å². The molecule has 0 rings (SSSR count). The van der Waals surface area contributed by atoms with Crippen LogP contribution in [-0.4, -0.2) is 25.9 Å². The topological polar surface area (TPSA) is 61.8 Å². The highest BCUT2D eigenvalue weighted by molar-refractivity contribution is 7.80. The van der Waals surface area contributed by atoms with Gasteiger partial charge in [0, 0.05) is 20.0 Å². The Kier molecular flexibility index (Phi) is 5.57. The molecule has 0 aromatic heterocycles. The first-order valence-electron chi connectivity index (χ1n) is 3.12. The molecule has 0 radical (unpaired) electrons. The molecule has 5 nitrogen and oxygen atoms in total. The zero-order valence-corrected chi connectivity index (χ0v) is 8.64. The van der Waals surface area contributed by atoms with E-state index in [1.807, 2.05) is 0 Å². The van der Waals surface area contributed by atoms with Gasteiger partial charge in [0.05, 0.1) is 6.42 Å². The summed E-state index contributed by atoms with van der Waals surface area (Å²) in [4.78, 5) is 10.8. The standard InChI is InChI=1S/C5H11O5PS/c1-8-11(7,9-2)10-5(6)3-4-12/h12H,3-4H2,1-2H3. The summed E-state index contributed by atoms with van der Waals surface area (Å²) >= 11 is 3.80. The van der Waals surface area contributed by atoms with E-state index >= 15 is 0 Å². The predicted octanol–water partition coefficient (Wildman–Crippen LogP) is 1.25. The minimum Gasteiger partial charge on any atom is -0.370 e. The quantitative estimate of drug-likeness (QED) is 0.551. The van der Waals surface area contributed by atoms with Crippen molar-refractivity contribution in [3.05, 3.63) is 0 Å². The summed E-state index contributed by atoms with van der Waals surface area (Å²) in [6.07, 6.45) is 0.0693. The monoisotopic (exact) mass is 214 g/mol. The minimum atomic E-state index is -3.65. The van der Waals surface area contributed by atoms with Crippen LogP contribution in [0.5, 0.6) is 0 Å². The van der Waals surface area contributed by atoms with E-state index in [2.05, 4.69) is 26.2 Å². The summed E-state index contributed by atoms with van der Waals surface area (Å²) in [6.45, 7) is 0. The molecule has 0 aromatic rings. The van der Waals surface area contributed by atoms with Gasteiger partial charge in [-0.1, -0.05) is 0 Å². The third-order valence-electron chi connectivity index (χ3n) is 0.977. The van der Waals surface area contributed by atoms with Gasteiger partial charge in [0.25, 0.3) is 0 Å². The highest BCUT2D eigenvalue weighted by Gasteiger charge is 2.27. The van der Waals surface area contributed by atoms with E-state index in [-0.39, 0.29) is 6.42 Å². The lowest BCUT2D eigenvalue weighted by Gasteiger charge is -2.11. The molecule has 0 N–H and O–H groups in total. The van der Waals surface area contributed by atoms with Gasteiger partial charge in [-0.15, -0.1) is 0 Å². The lowest BCUT2D eigenvalue weighted by Crippen LogP contribution is -2.05. The molecule has 0 aliphatic rings. The first-order chi connectivity index (χ1) is 5.58. The van der Waals surface area contributed by atoms with Crippen LogP contribution in [0.15, 0.2) is 0 Å². The third kappa shape index (κ3) is 4.11. The van der Waals surface area contributed by atoms with Gasteiger partial charge < -0.3 is 4.52 Å². The van der Waals surface area contributed by atoms with Gasteiger partial charge in [-0.3, -0.25) is 13.8 Å². The minimum absolute atomic E-state index is 0.0693. The molecule has 0 amide bonds. The maximum absolute atomic E-state index is 11.1. The van der Waals surface area contributed by atoms with Crippen LogP contribution in [0, 0.1) is 0 Å². The Morgan fingerprint density at radius 2 is 1.92 bits per heavy atom. The van der Waals surface area contributed by atoms with Gasteiger partial charge in [0.1, 0.15) is 0 Å². The van der Waals surface area contributed by atoms with Gasteiger partial charge >= 0.3 is 13.8 Å². The number of rotatable bonds is 5. The third-order valence-corrected chi connectivity index (χ3v) is 2.52. The molecule has 0 atom stereocenters. The molecule has 0 saturated carbocycles. The number of phosphoric acid groups is 1. The zero-order valence-electron chi connectivity index (χ0n) is 6.85. The Labute approximate surface area is 76.4 Å². The fraction of sp³-hybridized carbons (Fsp3) is 0.800. The predicted molar refractivity (Wildman–Crippen MR) is 46.2 cm³/mol. The summed E-state index contributed by atoms with van der Waals surface area (Å²) in [5.41, 5.74) is 0. The molecule has 0 aromatic carbocycles. The van der Waals surface area contributed by atoms with Crippen molar-refractivity contribution in [2.24, 2.45) is 0 Å². The summed E-state index contributed by atoms with van der Waals surface area (Å²) in [5, 5.41) is 0. The molecule has 0 aliphatic heterocycles. The van der Waals surface area contributed by atoms with E-state index in [0.29, 0.717) is 5.75 Å². The molecule has 0 bridgehead atoms. The van der Waals surface area contributed by atoms with Crippen LogP contribution in [0.3, 0.4) is 0 Å². The number of hydrogen-bond acceptors (Lipinski definition) is 6. The van der Waals surface area contributed by atoms with Crippen LogP contribution >= 0.6 is 20.5 Å². The molecule has 0 heterocycles. The summed E-state index contributed by atoms with van der Waals surface area (Å²) in [6, 6.07) is 0. The van der Waals surface area contributed by atoms with Gasteiger partial charge in [0.15, 0.2) is 0 Å². The van der Waals surface area contributed by atoms with E-state index in [4.69, 9.17) is 0 Å². The van der Waals surface area contributed by atoms with Gasteiger partial charge in [-0.25, -0.2) is 4.57 Å². The summed E-state index contributed by atoms with van der Waals surface area (Å²) < 4.78 is 24.3. The van der Waals surface area contributed by atoms with Crippen LogP contribution in [0.4, 0.5) is 0 Å². The smallest absolute Gasteiger partial charge is 0.370 e. The molecular weight excluding hydrogens is 203 g/mol. The van der Waals surface area contributed by atoms with Crippen molar-refractivity contribution in [1.82, 2.24) is 0 Å². The molecule has 0 spiro atoms. The summed E-state index contributed by atoms with van der Waals surface area (Å²) in [5.74, 6) is -0.330. The molecule has 12 heavy (non-hydrogen) atoms. The van der Waals surface area contributed by atoms with Crippen molar-refractivity contribution in [2.75, 3.05) is 20.0 Å². The number of thiol groups is 1. The van der Waals surface area contributed by atoms with Gasteiger partial charge in [0.2, 0.25) is 0 Å². The molecule has 0 saturated heterocycles.